The van der Waals surface area contributed by atoms with Gasteiger partial charge in [0.25, 0.3) is 20.2 Å². The van der Waals surface area contributed by atoms with Gasteiger partial charge in [-0.15, -0.1) is 0 Å². The van der Waals surface area contributed by atoms with Crippen molar-refractivity contribution in [3.05, 3.63) is 30.3 Å². The zero-order valence-electron chi connectivity index (χ0n) is 9.31. The number of rotatable bonds is 2. The predicted octanol–water partition coefficient (Wildman–Crippen LogP) is 0.915. The van der Waals surface area contributed by atoms with Crippen LogP contribution in [0.15, 0.2) is 40.1 Å². The second-order valence-corrected chi connectivity index (χ2v) is 6.60. The van der Waals surface area contributed by atoms with Crippen LogP contribution in [-0.2, 0) is 20.2 Å². The van der Waals surface area contributed by atoms with Gasteiger partial charge in [0.15, 0.2) is 0 Å². The van der Waals surface area contributed by atoms with Crippen LogP contribution < -0.4 is 5.73 Å². The van der Waals surface area contributed by atoms with Gasteiger partial charge in [-0.05, 0) is 23.6 Å². The lowest BCUT2D eigenvalue weighted by atomic mass is 10.1. The summed E-state index contributed by atoms with van der Waals surface area (Å²) in [5.74, 6) is 0. The monoisotopic (exact) mass is 303 g/mol. The van der Waals surface area contributed by atoms with Crippen LogP contribution in [0.5, 0.6) is 0 Å². The topological polar surface area (TPSA) is 135 Å². The quantitative estimate of drug-likeness (QED) is 0.554. The Morgan fingerprint density at radius 1 is 0.895 bits per heavy atom. The summed E-state index contributed by atoms with van der Waals surface area (Å²) in [6, 6.07) is 6.02. The van der Waals surface area contributed by atoms with E-state index in [-0.39, 0.29) is 16.5 Å². The van der Waals surface area contributed by atoms with Crippen molar-refractivity contribution in [3.63, 3.8) is 0 Å². The Labute approximate surface area is 109 Å². The molecule has 0 spiro atoms. The molecule has 0 bridgehead atoms. The third-order valence-corrected chi connectivity index (χ3v) is 4.35. The Kier molecular flexibility index (Phi) is 3.01. The summed E-state index contributed by atoms with van der Waals surface area (Å²) in [4.78, 5) is -0.911. The molecule has 0 aromatic heterocycles. The van der Waals surface area contributed by atoms with Crippen LogP contribution in [0.3, 0.4) is 0 Å². The Balaban J connectivity index is 2.94. The molecule has 0 amide bonds. The number of hydrogen-bond donors (Lipinski definition) is 3. The van der Waals surface area contributed by atoms with Crippen molar-refractivity contribution in [2.24, 2.45) is 0 Å². The Bertz CT molecular complexity index is 870. The standard InChI is InChI=1S/C10H9NO6S2/c11-8-5-7-6(4-10(8)19(15,16)17)2-1-3-9(7)18(12,13)14/h1-5H,11H2,(H,12,13,14)(H,15,16,17). The highest BCUT2D eigenvalue weighted by atomic mass is 32.2. The van der Waals surface area contributed by atoms with Gasteiger partial charge in [-0.25, -0.2) is 0 Å². The van der Waals surface area contributed by atoms with E-state index < -0.39 is 30.0 Å². The van der Waals surface area contributed by atoms with Gasteiger partial charge in [0, 0.05) is 5.39 Å². The SMILES string of the molecule is Nc1cc2c(S(=O)(=O)O)cccc2cc1S(=O)(=O)O. The maximum atomic E-state index is 11.2. The van der Waals surface area contributed by atoms with Gasteiger partial charge in [0.2, 0.25) is 0 Å². The maximum Gasteiger partial charge on any atom is 0.296 e. The van der Waals surface area contributed by atoms with E-state index in [1.54, 1.807) is 0 Å². The van der Waals surface area contributed by atoms with Crippen LogP contribution in [0.25, 0.3) is 10.8 Å². The van der Waals surface area contributed by atoms with Crippen molar-refractivity contribution >= 4 is 36.7 Å². The highest BCUT2D eigenvalue weighted by molar-refractivity contribution is 7.86. The molecule has 0 radical (unpaired) electrons. The highest BCUT2D eigenvalue weighted by Crippen LogP contribution is 2.29. The van der Waals surface area contributed by atoms with Gasteiger partial charge in [0.05, 0.1) is 5.69 Å². The number of nitrogen functional groups attached to an aromatic ring is 1. The molecule has 0 heterocycles. The Morgan fingerprint density at radius 2 is 1.47 bits per heavy atom. The molecule has 0 aliphatic rings. The minimum atomic E-state index is -4.51. The zero-order chi connectivity index (χ0) is 14.4. The molecule has 0 saturated carbocycles. The van der Waals surface area contributed by atoms with E-state index >= 15 is 0 Å². The lowest BCUT2D eigenvalue weighted by Crippen LogP contribution is -2.04. The summed E-state index contributed by atoms with van der Waals surface area (Å²) in [5.41, 5.74) is 5.16. The van der Waals surface area contributed by atoms with E-state index in [4.69, 9.17) is 14.8 Å². The van der Waals surface area contributed by atoms with Crippen molar-refractivity contribution in [3.8, 4) is 0 Å². The van der Waals surface area contributed by atoms with Gasteiger partial charge in [-0.1, -0.05) is 12.1 Å². The van der Waals surface area contributed by atoms with Crippen LogP contribution >= 0.6 is 0 Å². The molecular formula is C10H9NO6S2. The second-order valence-electron chi connectivity index (χ2n) is 3.82. The van der Waals surface area contributed by atoms with Gasteiger partial charge in [-0.2, -0.15) is 16.8 Å². The molecule has 2 rings (SSSR count). The molecule has 0 fully saturated rings. The largest absolute Gasteiger partial charge is 0.398 e. The summed E-state index contributed by atoms with van der Waals surface area (Å²) >= 11 is 0. The number of fused-ring (bicyclic) bond motifs is 1. The molecule has 2 aromatic rings. The fraction of sp³-hybridized carbons (Fsp3) is 0. The van der Waals surface area contributed by atoms with Crippen molar-refractivity contribution in [2.75, 3.05) is 5.73 Å². The molecule has 0 aliphatic carbocycles. The second kappa shape index (κ2) is 4.17. The number of benzene rings is 2. The third kappa shape index (κ3) is 2.54. The fourth-order valence-corrected chi connectivity index (χ4v) is 3.08. The smallest absolute Gasteiger partial charge is 0.296 e. The van der Waals surface area contributed by atoms with E-state index in [0.29, 0.717) is 0 Å². The van der Waals surface area contributed by atoms with Gasteiger partial charge >= 0.3 is 0 Å². The molecule has 4 N–H and O–H groups in total. The summed E-state index contributed by atoms with van der Waals surface area (Å²) in [6.07, 6.45) is 0. The zero-order valence-corrected chi connectivity index (χ0v) is 10.9. The van der Waals surface area contributed by atoms with E-state index in [9.17, 15) is 16.8 Å². The summed E-state index contributed by atoms with van der Waals surface area (Å²) in [5, 5.41) is 0.270. The van der Waals surface area contributed by atoms with Gasteiger partial charge < -0.3 is 5.73 Å². The molecule has 0 atom stereocenters. The van der Waals surface area contributed by atoms with Crippen LogP contribution in [0.4, 0.5) is 5.69 Å². The molecule has 0 unspecified atom stereocenters. The van der Waals surface area contributed by atoms with Crippen molar-refractivity contribution in [2.45, 2.75) is 9.79 Å². The number of nitrogens with two attached hydrogens (primary N) is 1. The molecule has 102 valence electrons. The molecule has 0 saturated heterocycles. The molecule has 2 aromatic carbocycles. The van der Waals surface area contributed by atoms with Gasteiger partial charge in [-0.3, -0.25) is 9.11 Å². The molecule has 9 heteroatoms. The van der Waals surface area contributed by atoms with Crippen LogP contribution in [0, 0.1) is 0 Å². The Morgan fingerprint density at radius 3 is 2.00 bits per heavy atom. The summed E-state index contributed by atoms with van der Waals surface area (Å²) in [6.45, 7) is 0. The van der Waals surface area contributed by atoms with Crippen LogP contribution in [-0.4, -0.2) is 25.9 Å². The fourth-order valence-electron chi connectivity index (χ4n) is 1.74. The first kappa shape index (κ1) is 13.7. The molecular weight excluding hydrogens is 294 g/mol. The van der Waals surface area contributed by atoms with Crippen molar-refractivity contribution < 1.29 is 25.9 Å². The van der Waals surface area contributed by atoms with E-state index in [0.717, 1.165) is 18.2 Å². The van der Waals surface area contributed by atoms with E-state index in [1.165, 1.54) is 12.1 Å². The summed E-state index contributed by atoms with van der Waals surface area (Å²) < 4.78 is 62.6. The predicted molar refractivity (Wildman–Crippen MR) is 68.0 cm³/mol. The highest BCUT2D eigenvalue weighted by Gasteiger charge is 2.19. The first-order valence-electron chi connectivity index (χ1n) is 4.88. The average Bonchev–Trinajstić information content (AvgIpc) is 2.24. The van der Waals surface area contributed by atoms with Crippen molar-refractivity contribution in [1.82, 2.24) is 0 Å². The minimum Gasteiger partial charge on any atom is -0.398 e. The molecule has 19 heavy (non-hydrogen) atoms. The third-order valence-electron chi connectivity index (χ3n) is 2.53. The van der Waals surface area contributed by atoms with Crippen molar-refractivity contribution in [1.29, 1.82) is 0 Å². The maximum absolute atomic E-state index is 11.2. The van der Waals surface area contributed by atoms with Crippen LogP contribution in [0.1, 0.15) is 0 Å². The van der Waals surface area contributed by atoms with Crippen LogP contribution in [0.2, 0.25) is 0 Å². The molecule has 0 aliphatic heterocycles. The first-order chi connectivity index (χ1) is 8.60. The molecule has 7 nitrogen and oxygen atoms in total. The Hall–Kier alpha value is -1.68. The minimum absolute atomic E-state index is 0.0647. The lowest BCUT2D eigenvalue weighted by Gasteiger charge is -2.08. The first-order valence-corrected chi connectivity index (χ1v) is 7.76. The van der Waals surface area contributed by atoms with E-state index in [2.05, 4.69) is 0 Å². The number of hydrogen-bond acceptors (Lipinski definition) is 5. The summed E-state index contributed by atoms with van der Waals surface area (Å²) in [7, 11) is -8.97. The normalized spacial score (nSPS) is 12.7. The van der Waals surface area contributed by atoms with E-state index in [1.807, 2.05) is 0 Å². The number of anilines is 1. The van der Waals surface area contributed by atoms with Gasteiger partial charge in [0.1, 0.15) is 9.79 Å². The lowest BCUT2D eigenvalue weighted by molar-refractivity contribution is 0.482. The average molecular weight is 303 g/mol.